The standard InChI is InChI=1S/C17H19N5O2/c23-9-4-8-19-17-21-15(14-6-1-2-7-18-14)11-16(22-17)20-12-13-5-3-10-24-13/h1-3,5-7,10-11,23H,4,8-9,12H2,(H2,19,20,21,22). The van der Waals surface area contributed by atoms with Gasteiger partial charge in [-0.3, -0.25) is 4.98 Å². The summed E-state index contributed by atoms with van der Waals surface area (Å²) in [6.45, 7) is 1.25. The fraction of sp³-hybridized carbons (Fsp3) is 0.235. The highest BCUT2D eigenvalue weighted by atomic mass is 16.3. The van der Waals surface area contributed by atoms with Crippen LogP contribution in [0.25, 0.3) is 11.4 Å². The van der Waals surface area contributed by atoms with Crippen molar-refractivity contribution in [1.29, 1.82) is 0 Å². The summed E-state index contributed by atoms with van der Waals surface area (Å²) in [5, 5.41) is 15.2. The summed E-state index contributed by atoms with van der Waals surface area (Å²) in [5.74, 6) is 1.99. The largest absolute Gasteiger partial charge is 0.467 e. The Bertz CT molecular complexity index is 747. The molecule has 0 unspecified atom stereocenters. The lowest BCUT2D eigenvalue weighted by atomic mass is 10.2. The fourth-order valence-corrected chi connectivity index (χ4v) is 2.13. The summed E-state index contributed by atoms with van der Waals surface area (Å²) in [6, 6.07) is 11.3. The predicted molar refractivity (Wildman–Crippen MR) is 91.5 cm³/mol. The van der Waals surface area contributed by atoms with Crippen molar-refractivity contribution in [2.45, 2.75) is 13.0 Å². The van der Waals surface area contributed by atoms with E-state index < -0.39 is 0 Å². The van der Waals surface area contributed by atoms with E-state index in [1.807, 2.05) is 36.4 Å². The van der Waals surface area contributed by atoms with Crippen LogP contribution < -0.4 is 10.6 Å². The number of aliphatic hydroxyl groups excluding tert-OH is 1. The number of aromatic nitrogens is 3. The van der Waals surface area contributed by atoms with Gasteiger partial charge in [-0.05, 0) is 30.7 Å². The zero-order valence-electron chi connectivity index (χ0n) is 13.1. The number of hydrogen-bond donors (Lipinski definition) is 3. The second-order valence-electron chi connectivity index (χ2n) is 5.11. The van der Waals surface area contributed by atoms with Crippen molar-refractivity contribution in [2.75, 3.05) is 23.8 Å². The van der Waals surface area contributed by atoms with Crippen molar-refractivity contribution in [3.05, 3.63) is 54.6 Å². The minimum absolute atomic E-state index is 0.122. The molecule has 3 aromatic rings. The average molecular weight is 325 g/mol. The smallest absolute Gasteiger partial charge is 0.225 e. The van der Waals surface area contributed by atoms with E-state index in [1.54, 1.807) is 12.5 Å². The summed E-state index contributed by atoms with van der Waals surface area (Å²) in [5.41, 5.74) is 1.49. The molecule has 0 radical (unpaired) electrons. The molecule has 7 nitrogen and oxygen atoms in total. The first kappa shape index (κ1) is 15.9. The second-order valence-corrected chi connectivity index (χ2v) is 5.11. The van der Waals surface area contributed by atoms with Gasteiger partial charge >= 0.3 is 0 Å². The first-order chi connectivity index (χ1) is 11.8. The van der Waals surface area contributed by atoms with Crippen LogP contribution in [0.2, 0.25) is 0 Å². The predicted octanol–water partition coefficient (Wildman–Crippen LogP) is 2.54. The third-order valence-electron chi connectivity index (χ3n) is 3.30. The number of rotatable bonds is 8. The van der Waals surface area contributed by atoms with Crippen LogP contribution in [0.5, 0.6) is 0 Å². The van der Waals surface area contributed by atoms with E-state index in [0.717, 1.165) is 17.1 Å². The first-order valence-corrected chi connectivity index (χ1v) is 7.76. The van der Waals surface area contributed by atoms with Crippen molar-refractivity contribution in [3.63, 3.8) is 0 Å². The van der Waals surface area contributed by atoms with E-state index in [9.17, 15) is 0 Å². The first-order valence-electron chi connectivity index (χ1n) is 7.76. The van der Waals surface area contributed by atoms with Crippen LogP contribution in [0.1, 0.15) is 12.2 Å². The van der Waals surface area contributed by atoms with Crippen molar-refractivity contribution in [1.82, 2.24) is 15.0 Å². The van der Waals surface area contributed by atoms with Gasteiger partial charge in [-0.2, -0.15) is 4.98 Å². The molecule has 0 bridgehead atoms. The van der Waals surface area contributed by atoms with Crippen LogP contribution in [-0.4, -0.2) is 33.2 Å². The van der Waals surface area contributed by atoms with Crippen molar-refractivity contribution < 1.29 is 9.52 Å². The highest BCUT2D eigenvalue weighted by molar-refractivity contribution is 5.60. The SMILES string of the molecule is OCCCNc1nc(NCc2ccco2)cc(-c2ccccn2)n1. The molecule has 0 fully saturated rings. The number of anilines is 2. The van der Waals surface area contributed by atoms with E-state index >= 15 is 0 Å². The Hall–Kier alpha value is -2.93. The quantitative estimate of drug-likeness (QED) is 0.548. The Morgan fingerprint density at radius 3 is 2.75 bits per heavy atom. The van der Waals surface area contributed by atoms with E-state index in [2.05, 4.69) is 25.6 Å². The van der Waals surface area contributed by atoms with Crippen LogP contribution in [0.4, 0.5) is 11.8 Å². The van der Waals surface area contributed by atoms with E-state index in [1.165, 1.54) is 0 Å². The van der Waals surface area contributed by atoms with Gasteiger partial charge in [0.2, 0.25) is 5.95 Å². The monoisotopic (exact) mass is 325 g/mol. The summed E-state index contributed by atoms with van der Waals surface area (Å²) >= 11 is 0. The van der Waals surface area contributed by atoms with Gasteiger partial charge in [-0.25, -0.2) is 4.98 Å². The molecule has 0 aliphatic heterocycles. The maximum Gasteiger partial charge on any atom is 0.225 e. The van der Waals surface area contributed by atoms with Crippen molar-refractivity contribution in [2.24, 2.45) is 0 Å². The maximum absolute atomic E-state index is 8.91. The highest BCUT2D eigenvalue weighted by Gasteiger charge is 2.08. The van der Waals surface area contributed by atoms with Gasteiger partial charge in [-0.15, -0.1) is 0 Å². The average Bonchev–Trinajstić information content (AvgIpc) is 3.14. The Kier molecular flexibility index (Phi) is 5.36. The summed E-state index contributed by atoms with van der Waals surface area (Å²) in [6.07, 6.45) is 4.00. The zero-order valence-corrected chi connectivity index (χ0v) is 13.1. The van der Waals surface area contributed by atoms with Gasteiger partial charge in [0.25, 0.3) is 0 Å². The molecule has 0 amide bonds. The normalized spacial score (nSPS) is 10.5. The highest BCUT2D eigenvalue weighted by Crippen LogP contribution is 2.20. The lowest BCUT2D eigenvalue weighted by Gasteiger charge is -2.10. The van der Waals surface area contributed by atoms with Gasteiger partial charge in [0, 0.05) is 25.4 Å². The molecule has 0 saturated heterocycles. The number of pyridine rings is 1. The third-order valence-corrected chi connectivity index (χ3v) is 3.30. The van der Waals surface area contributed by atoms with Gasteiger partial charge in [0.1, 0.15) is 11.6 Å². The van der Waals surface area contributed by atoms with Crippen LogP contribution in [0, 0.1) is 0 Å². The Morgan fingerprint density at radius 2 is 2.00 bits per heavy atom. The third kappa shape index (κ3) is 4.30. The van der Waals surface area contributed by atoms with Crippen LogP contribution >= 0.6 is 0 Å². The molecule has 0 spiro atoms. The molecule has 0 aliphatic rings. The summed E-state index contributed by atoms with van der Waals surface area (Å²) in [4.78, 5) is 13.3. The Labute approximate surface area is 139 Å². The Balaban J connectivity index is 1.81. The molecule has 3 heterocycles. The van der Waals surface area contributed by atoms with Gasteiger partial charge in [0.15, 0.2) is 0 Å². The number of aliphatic hydroxyl groups is 1. The molecule has 3 aromatic heterocycles. The van der Waals surface area contributed by atoms with E-state index in [0.29, 0.717) is 31.3 Å². The molecule has 0 aromatic carbocycles. The maximum atomic E-state index is 8.91. The van der Waals surface area contributed by atoms with E-state index in [4.69, 9.17) is 9.52 Å². The number of furan rings is 1. The number of nitrogens with one attached hydrogen (secondary N) is 2. The molecule has 7 heteroatoms. The van der Waals surface area contributed by atoms with Gasteiger partial charge in [0.05, 0.1) is 24.2 Å². The van der Waals surface area contributed by atoms with Crippen LogP contribution in [0.15, 0.2) is 53.3 Å². The van der Waals surface area contributed by atoms with Crippen LogP contribution in [-0.2, 0) is 6.54 Å². The minimum Gasteiger partial charge on any atom is -0.467 e. The zero-order chi connectivity index (χ0) is 16.6. The molecule has 24 heavy (non-hydrogen) atoms. The fourth-order valence-electron chi connectivity index (χ4n) is 2.13. The summed E-state index contributed by atoms with van der Waals surface area (Å²) in [7, 11) is 0. The number of nitrogens with zero attached hydrogens (tertiary/aromatic N) is 3. The molecule has 3 rings (SSSR count). The minimum atomic E-state index is 0.122. The molecule has 0 saturated carbocycles. The lowest BCUT2D eigenvalue weighted by Crippen LogP contribution is -2.10. The van der Waals surface area contributed by atoms with Gasteiger partial charge < -0.3 is 20.2 Å². The molecule has 0 aliphatic carbocycles. The summed E-state index contributed by atoms with van der Waals surface area (Å²) < 4.78 is 5.32. The number of hydrogen-bond acceptors (Lipinski definition) is 7. The molecular weight excluding hydrogens is 306 g/mol. The molecule has 0 atom stereocenters. The lowest BCUT2D eigenvalue weighted by molar-refractivity contribution is 0.292. The van der Waals surface area contributed by atoms with Crippen LogP contribution in [0.3, 0.4) is 0 Å². The molecular formula is C17H19N5O2. The van der Waals surface area contributed by atoms with Crippen molar-refractivity contribution in [3.8, 4) is 11.4 Å². The Morgan fingerprint density at radius 1 is 1.04 bits per heavy atom. The second kappa shape index (κ2) is 8.07. The molecule has 3 N–H and O–H groups in total. The van der Waals surface area contributed by atoms with Gasteiger partial charge in [-0.1, -0.05) is 6.07 Å². The van der Waals surface area contributed by atoms with Crippen molar-refractivity contribution >= 4 is 11.8 Å². The topological polar surface area (TPSA) is 96.1 Å². The van der Waals surface area contributed by atoms with E-state index in [-0.39, 0.29) is 6.61 Å². The molecule has 124 valence electrons.